The molecule has 0 bridgehead atoms. The summed E-state index contributed by atoms with van der Waals surface area (Å²) in [6.45, 7) is 6.39. The fourth-order valence-electron chi connectivity index (χ4n) is 3.25. The summed E-state index contributed by atoms with van der Waals surface area (Å²) in [5.74, 6) is 1.88. The van der Waals surface area contributed by atoms with Crippen LogP contribution in [0.4, 0.5) is 0 Å². The number of nitrogens with one attached hydrogen (secondary N) is 1. The van der Waals surface area contributed by atoms with Crippen molar-refractivity contribution in [3.8, 4) is 0 Å². The van der Waals surface area contributed by atoms with E-state index in [4.69, 9.17) is 9.15 Å². The lowest BCUT2D eigenvalue weighted by Gasteiger charge is -2.22. The highest BCUT2D eigenvalue weighted by Crippen LogP contribution is 2.18. The van der Waals surface area contributed by atoms with E-state index >= 15 is 0 Å². The summed E-state index contributed by atoms with van der Waals surface area (Å²) < 4.78 is 11.1. The molecule has 1 saturated heterocycles. The lowest BCUT2D eigenvalue weighted by Crippen LogP contribution is -2.40. The molecule has 0 spiro atoms. The van der Waals surface area contributed by atoms with Crippen LogP contribution in [-0.2, 0) is 11.3 Å². The maximum absolute atomic E-state index is 10.2. The Kier molecular flexibility index (Phi) is 9.80. The number of hydrogen-bond donors (Lipinski definition) is 2. The van der Waals surface area contributed by atoms with Gasteiger partial charge in [0.2, 0.25) is 0 Å². The lowest BCUT2D eigenvalue weighted by atomic mass is 10.1. The topological polar surface area (TPSA) is 70.2 Å². The van der Waals surface area contributed by atoms with E-state index in [9.17, 15) is 5.11 Å². The highest BCUT2D eigenvalue weighted by Gasteiger charge is 2.25. The molecule has 0 aliphatic carbocycles. The van der Waals surface area contributed by atoms with Crippen LogP contribution in [0.2, 0.25) is 0 Å². The largest absolute Gasteiger partial charge is 0.467 e. The van der Waals surface area contributed by atoms with Gasteiger partial charge in [-0.2, -0.15) is 0 Å². The highest BCUT2D eigenvalue weighted by atomic mass is 127. The summed E-state index contributed by atoms with van der Waals surface area (Å²) in [5, 5.41) is 13.5. The summed E-state index contributed by atoms with van der Waals surface area (Å²) in [7, 11) is 0. The first-order chi connectivity index (χ1) is 13.3. The molecule has 2 unspecified atom stereocenters. The van der Waals surface area contributed by atoms with Crippen LogP contribution in [-0.4, -0.2) is 48.8 Å². The van der Waals surface area contributed by atoms with Crippen LogP contribution in [0.5, 0.6) is 0 Å². The van der Waals surface area contributed by atoms with Crippen molar-refractivity contribution >= 4 is 29.9 Å². The molecule has 1 aliphatic rings. The number of aliphatic hydroxyl groups excluding tert-OH is 1. The van der Waals surface area contributed by atoms with Crippen LogP contribution in [0.25, 0.3) is 0 Å². The van der Waals surface area contributed by atoms with Crippen LogP contribution in [0, 0.1) is 5.92 Å². The number of benzene rings is 1. The number of hydrogen-bond acceptors (Lipinski definition) is 4. The van der Waals surface area contributed by atoms with Crippen molar-refractivity contribution in [2.45, 2.75) is 26.1 Å². The lowest BCUT2D eigenvalue weighted by molar-refractivity contribution is 0.0906. The molecule has 1 aromatic carbocycles. The minimum absolute atomic E-state index is 0. The quantitative estimate of drug-likeness (QED) is 0.331. The van der Waals surface area contributed by atoms with Gasteiger partial charge < -0.3 is 24.5 Å². The van der Waals surface area contributed by atoms with E-state index in [0.717, 1.165) is 38.6 Å². The van der Waals surface area contributed by atoms with Gasteiger partial charge in [0, 0.05) is 25.6 Å². The molecule has 1 fully saturated rings. The molecule has 28 heavy (non-hydrogen) atoms. The van der Waals surface area contributed by atoms with E-state index in [2.05, 4.69) is 34.3 Å². The average Bonchev–Trinajstić information content (AvgIpc) is 3.38. The van der Waals surface area contributed by atoms with Crippen LogP contribution in [0.3, 0.4) is 0 Å². The van der Waals surface area contributed by atoms with Crippen molar-refractivity contribution in [2.75, 3.05) is 32.8 Å². The normalized spacial score (nSPS) is 18.0. The smallest absolute Gasteiger partial charge is 0.194 e. The Morgan fingerprint density at radius 1 is 1.32 bits per heavy atom. The molecule has 0 radical (unpaired) electrons. The Labute approximate surface area is 184 Å². The zero-order valence-electron chi connectivity index (χ0n) is 16.3. The van der Waals surface area contributed by atoms with E-state index in [-0.39, 0.29) is 30.5 Å². The van der Waals surface area contributed by atoms with Crippen molar-refractivity contribution < 1.29 is 14.3 Å². The average molecular weight is 499 g/mol. The van der Waals surface area contributed by atoms with Gasteiger partial charge in [0.1, 0.15) is 11.9 Å². The summed E-state index contributed by atoms with van der Waals surface area (Å²) in [6, 6.07) is 13.8. The van der Waals surface area contributed by atoms with Gasteiger partial charge in [-0.05, 0) is 31.0 Å². The van der Waals surface area contributed by atoms with Crippen molar-refractivity contribution in [2.24, 2.45) is 10.9 Å². The Hall–Kier alpha value is -1.58. The van der Waals surface area contributed by atoms with Crippen LogP contribution in [0.1, 0.15) is 30.8 Å². The number of guanidine groups is 1. The number of aliphatic imine (C=N–C) groups is 1. The molecule has 154 valence electrons. The van der Waals surface area contributed by atoms with Crippen molar-refractivity contribution in [1.29, 1.82) is 0 Å². The van der Waals surface area contributed by atoms with Gasteiger partial charge in [0.05, 0.1) is 26.0 Å². The van der Waals surface area contributed by atoms with E-state index < -0.39 is 6.10 Å². The number of furan rings is 1. The fourth-order valence-corrected chi connectivity index (χ4v) is 3.25. The zero-order chi connectivity index (χ0) is 18.9. The molecule has 0 saturated carbocycles. The Bertz CT molecular complexity index is 694. The number of ether oxygens (including phenoxy) is 1. The number of likely N-dealkylation sites (tertiary alicyclic amines) is 1. The minimum atomic E-state index is -0.721. The van der Waals surface area contributed by atoms with Gasteiger partial charge in [0.25, 0.3) is 0 Å². The van der Waals surface area contributed by atoms with E-state index in [1.165, 1.54) is 5.56 Å². The van der Waals surface area contributed by atoms with Crippen molar-refractivity contribution in [3.05, 3.63) is 60.1 Å². The molecular formula is C21H30IN3O3. The summed E-state index contributed by atoms with van der Waals surface area (Å²) in [4.78, 5) is 6.84. The fraction of sp³-hybridized carbons (Fsp3) is 0.476. The van der Waals surface area contributed by atoms with E-state index in [1.807, 2.05) is 18.2 Å². The predicted octanol–water partition coefficient (Wildman–Crippen LogP) is 3.44. The maximum Gasteiger partial charge on any atom is 0.194 e. The molecular weight excluding hydrogens is 469 g/mol. The van der Waals surface area contributed by atoms with E-state index in [0.29, 0.717) is 18.3 Å². The van der Waals surface area contributed by atoms with Crippen LogP contribution < -0.4 is 5.32 Å². The first-order valence-electron chi connectivity index (χ1n) is 9.62. The third-order valence-electron chi connectivity index (χ3n) is 4.67. The van der Waals surface area contributed by atoms with Gasteiger partial charge >= 0.3 is 0 Å². The number of nitrogens with zero attached hydrogens (tertiary/aromatic N) is 2. The standard InChI is InChI=1S/C21H29N3O3.HI/c1-2-22-21(23-13-19(25)20-9-6-12-27-20)24-11-10-18(14-24)16-26-15-17-7-4-3-5-8-17;/h3-9,12,18-19,25H,2,10-11,13-16H2,1H3,(H,22,23);1H. The van der Waals surface area contributed by atoms with Gasteiger partial charge in [-0.1, -0.05) is 30.3 Å². The third kappa shape index (κ3) is 6.79. The number of rotatable bonds is 8. The summed E-state index contributed by atoms with van der Waals surface area (Å²) in [6.07, 6.45) is 1.93. The number of halogens is 1. The molecule has 2 atom stereocenters. The molecule has 6 nitrogen and oxygen atoms in total. The second kappa shape index (κ2) is 12.1. The SMILES string of the molecule is CCNC(=NCC(O)c1ccco1)N1CCC(COCc2ccccc2)C1.I. The van der Waals surface area contributed by atoms with Gasteiger partial charge in [-0.15, -0.1) is 24.0 Å². The van der Waals surface area contributed by atoms with Crippen molar-refractivity contribution in [3.63, 3.8) is 0 Å². The summed E-state index contributed by atoms with van der Waals surface area (Å²) in [5.41, 5.74) is 1.20. The molecule has 7 heteroatoms. The molecule has 3 rings (SSSR count). The second-order valence-electron chi connectivity index (χ2n) is 6.83. The second-order valence-corrected chi connectivity index (χ2v) is 6.83. The number of aliphatic hydroxyl groups is 1. The predicted molar refractivity (Wildman–Crippen MR) is 121 cm³/mol. The minimum Gasteiger partial charge on any atom is -0.467 e. The monoisotopic (exact) mass is 499 g/mol. The highest BCUT2D eigenvalue weighted by molar-refractivity contribution is 14.0. The molecule has 0 amide bonds. The Morgan fingerprint density at radius 2 is 2.14 bits per heavy atom. The molecule has 2 N–H and O–H groups in total. The maximum atomic E-state index is 10.2. The van der Waals surface area contributed by atoms with E-state index in [1.54, 1.807) is 18.4 Å². The summed E-state index contributed by atoms with van der Waals surface area (Å²) >= 11 is 0. The molecule has 1 aromatic heterocycles. The van der Waals surface area contributed by atoms with Gasteiger partial charge in [-0.25, -0.2) is 4.99 Å². The molecule has 2 heterocycles. The molecule has 1 aliphatic heterocycles. The Morgan fingerprint density at radius 3 is 2.86 bits per heavy atom. The van der Waals surface area contributed by atoms with Crippen LogP contribution >= 0.6 is 24.0 Å². The van der Waals surface area contributed by atoms with Crippen LogP contribution in [0.15, 0.2) is 58.1 Å². The Balaban J connectivity index is 0.00000280. The molecule has 2 aromatic rings. The van der Waals surface area contributed by atoms with Gasteiger partial charge in [-0.3, -0.25) is 0 Å². The third-order valence-corrected chi connectivity index (χ3v) is 4.67. The van der Waals surface area contributed by atoms with Crippen molar-refractivity contribution in [1.82, 2.24) is 10.2 Å². The zero-order valence-corrected chi connectivity index (χ0v) is 18.6. The first kappa shape index (κ1) is 22.7. The first-order valence-corrected chi connectivity index (χ1v) is 9.62. The van der Waals surface area contributed by atoms with Gasteiger partial charge in [0.15, 0.2) is 5.96 Å².